The summed E-state index contributed by atoms with van der Waals surface area (Å²) < 4.78 is 15.7. The van der Waals surface area contributed by atoms with Crippen LogP contribution in [0.15, 0.2) is 72.8 Å². The first-order valence-electron chi connectivity index (χ1n) is 10.9. The number of benzene rings is 3. The average molecular weight is 546 g/mol. The number of carboxylic acid groups (broad SMARTS) is 1. The fourth-order valence-electron chi connectivity index (χ4n) is 3.05. The zero-order valence-electron chi connectivity index (χ0n) is 19.4. The van der Waals surface area contributed by atoms with Gasteiger partial charge in [-0.2, -0.15) is 0 Å². The first-order valence-corrected chi connectivity index (χ1v) is 11.6. The Bertz CT molecular complexity index is 1260. The zero-order chi connectivity index (χ0) is 26.9. The first-order chi connectivity index (χ1) is 17.7. The van der Waals surface area contributed by atoms with Crippen molar-refractivity contribution in [3.05, 3.63) is 94.0 Å². The van der Waals surface area contributed by atoms with Gasteiger partial charge in [-0.05, 0) is 79.7 Å². The third-order valence-corrected chi connectivity index (χ3v) is 5.34. The SMILES string of the molecule is CCOc1ccc(NC(=O)[C@@H](OC(=O)c2ccc(Cl)cc2)[C@H](OC(=O)c2ccc(Cl)cc2)C(=O)O)cc1. The molecule has 0 radical (unpaired) electrons. The Kier molecular flexibility index (Phi) is 9.48. The summed E-state index contributed by atoms with van der Waals surface area (Å²) in [6.45, 7) is 2.25. The molecule has 2 atom stereocenters. The molecular formula is C26H21Cl2NO8. The number of anilines is 1. The molecule has 3 aromatic carbocycles. The molecule has 0 fully saturated rings. The first kappa shape index (κ1) is 27.5. The third-order valence-electron chi connectivity index (χ3n) is 4.84. The molecule has 37 heavy (non-hydrogen) atoms. The van der Waals surface area contributed by atoms with Gasteiger partial charge in [0.05, 0.1) is 17.7 Å². The minimum Gasteiger partial charge on any atom is -0.494 e. The van der Waals surface area contributed by atoms with Crippen LogP contribution in [0.2, 0.25) is 10.0 Å². The number of halogens is 2. The number of carboxylic acids is 1. The van der Waals surface area contributed by atoms with E-state index < -0.39 is 36.0 Å². The van der Waals surface area contributed by atoms with Crippen LogP contribution in [0.4, 0.5) is 5.69 Å². The number of hydrogen-bond donors (Lipinski definition) is 2. The smallest absolute Gasteiger partial charge is 0.349 e. The molecule has 3 aromatic rings. The highest BCUT2D eigenvalue weighted by Gasteiger charge is 2.41. The molecule has 0 saturated heterocycles. The highest BCUT2D eigenvalue weighted by atomic mass is 35.5. The van der Waals surface area contributed by atoms with Crippen LogP contribution >= 0.6 is 23.2 Å². The average Bonchev–Trinajstić information content (AvgIpc) is 2.87. The summed E-state index contributed by atoms with van der Waals surface area (Å²) in [4.78, 5) is 50.6. The van der Waals surface area contributed by atoms with Crippen molar-refractivity contribution in [2.75, 3.05) is 11.9 Å². The summed E-state index contributed by atoms with van der Waals surface area (Å²) in [5.74, 6) is -4.30. The van der Waals surface area contributed by atoms with Crippen molar-refractivity contribution in [2.24, 2.45) is 0 Å². The van der Waals surface area contributed by atoms with Gasteiger partial charge >= 0.3 is 17.9 Å². The molecule has 3 rings (SSSR count). The third kappa shape index (κ3) is 7.70. The Hall–Kier alpha value is -4.08. The largest absolute Gasteiger partial charge is 0.494 e. The summed E-state index contributed by atoms with van der Waals surface area (Å²) in [6.07, 6.45) is -4.23. The van der Waals surface area contributed by atoms with E-state index in [1.807, 2.05) is 6.92 Å². The molecular weight excluding hydrogens is 525 g/mol. The molecule has 0 aromatic heterocycles. The Labute approximate surface area is 221 Å². The van der Waals surface area contributed by atoms with Gasteiger partial charge < -0.3 is 24.6 Å². The topological polar surface area (TPSA) is 128 Å². The van der Waals surface area contributed by atoms with Crippen LogP contribution in [0, 0.1) is 0 Å². The Morgan fingerprint density at radius 1 is 0.757 bits per heavy atom. The van der Waals surface area contributed by atoms with Crippen molar-refractivity contribution in [1.82, 2.24) is 0 Å². The van der Waals surface area contributed by atoms with E-state index in [2.05, 4.69) is 5.32 Å². The van der Waals surface area contributed by atoms with E-state index in [9.17, 15) is 24.3 Å². The maximum atomic E-state index is 13.1. The number of amides is 1. The lowest BCUT2D eigenvalue weighted by Crippen LogP contribution is -2.48. The van der Waals surface area contributed by atoms with Gasteiger partial charge in [-0.3, -0.25) is 4.79 Å². The Morgan fingerprint density at radius 2 is 1.22 bits per heavy atom. The van der Waals surface area contributed by atoms with Gasteiger partial charge in [-0.1, -0.05) is 23.2 Å². The van der Waals surface area contributed by atoms with E-state index in [4.69, 9.17) is 37.4 Å². The molecule has 0 bridgehead atoms. The Balaban J connectivity index is 1.88. The van der Waals surface area contributed by atoms with Gasteiger partial charge in [0.1, 0.15) is 5.75 Å². The molecule has 192 valence electrons. The van der Waals surface area contributed by atoms with Crippen molar-refractivity contribution in [1.29, 1.82) is 0 Å². The number of nitrogens with one attached hydrogen (secondary N) is 1. The molecule has 11 heteroatoms. The molecule has 0 heterocycles. The van der Waals surface area contributed by atoms with E-state index in [0.29, 0.717) is 22.4 Å². The number of carbonyl (C=O) groups excluding carboxylic acids is 3. The summed E-state index contributed by atoms with van der Waals surface area (Å²) in [6, 6.07) is 17.2. The maximum absolute atomic E-state index is 13.1. The van der Waals surface area contributed by atoms with Crippen LogP contribution < -0.4 is 10.1 Å². The van der Waals surface area contributed by atoms with Crippen LogP contribution in [0.25, 0.3) is 0 Å². The predicted octanol–water partition coefficient (Wildman–Crippen LogP) is 4.87. The van der Waals surface area contributed by atoms with E-state index in [1.165, 1.54) is 60.7 Å². The molecule has 0 saturated carbocycles. The van der Waals surface area contributed by atoms with Crippen LogP contribution in [-0.4, -0.2) is 47.7 Å². The van der Waals surface area contributed by atoms with Gasteiger partial charge in [0.2, 0.25) is 12.2 Å². The zero-order valence-corrected chi connectivity index (χ0v) is 20.9. The number of esters is 2. The van der Waals surface area contributed by atoms with Crippen molar-refractivity contribution < 1.29 is 38.5 Å². The van der Waals surface area contributed by atoms with Crippen molar-refractivity contribution >= 4 is 52.7 Å². The maximum Gasteiger partial charge on any atom is 0.349 e. The fraction of sp³-hybridized carbons (Fsp3) is 0.154. The van der Waals surface area contributed by atoms with Crippen LogP contribution in [0.5, 0.6) is 5.75 Å². The van der Waals surface area contributed by atoms with E-state index in [1.54, 1.807) is 12.1 Å². The molecule has 0 aliphatic carbocycles. The normalized spacial score (nSPS) is 12.1. The van der Waals surface area contributed by atoms with Gasteiger partial charge in [-0.15, -0.1) is 0 Å². The summed E-state index contributed by atoms with van der Waals surface area (Å²) >= 11 is 11.7. The number of carbonyl (C=O) groups is 4. The molecule has 1 amide bonds. The van der Waals surface area contributed by atoms with E-state index in [-0.39, 0.29) is 16.8 Å². The summed E-state index contributed by atoms with van der Waals surface area (Å²) in [5, 5.41) is 13.0. The number of rotatable bonds is 10. The van der Waals surface area contributed by atoms with Gasteiger partial charge in [0.15, 0.2) is 0 Å². The molecule has 0 unspecified atom stereocenters. The fourth-order valence-corrected chi connectivity index (χ4v) is 3.30. The van der Waals surface area contributed by atoms with Crippen LogP contribution in [0.3, 0.4) is 0 Å². The second-order valence-electron chi connectivity index (χ2n) is 7.45. The highest BCUT2D eigenvalue weighted by molar-refractivity contribution is 6.31. The van der Waals surface area contributed by atoms with Gasteiger partial charge in [0, 0.05) is 15.7 Å². The van der Waals surface area contributed by atoms with Gasteiger partial charge in [-0.25, -0.2) is 14.4 Å². The predicted molar refractivity (Wildman–Crippen MR) is 135 cm³/mol. The number of ether oxygens (including phenoxy) is 3. The van der Waals surface area contributed by atoms with Crippen LogP contribution in [0.1, 0.15) is 27.6 Å². The minimum absolute atomic E-state index is 0.00330. The molecule has 0 aliphatic heterocycles. The number of hydrogen-bond acceptors (Lipinski definition) is 7. The van der Waals surface area contributed by atoms with Crippen molar-refractivity contribution in [3.8, 4) is 5.75 Å². The monoisotopic (exact) mass is 545 g/mol. The lowest BCUT2D eigenvalue weighted by atomic mass is 10.1. The molecule has 0 spiro atoms. The van der Waals surface area contributed by atoms with E-state index >= 15 is 0 Å². The Morgan fingerprint density at radius 3 is 1.65 bits per heavy atom. The lowest BCUT2D eigenvalue weighted by molar-refractivity contribution is -0.157. The van der Waals surface area contributed by atoms with Crippen LogP contribution in [-0.2, 0) is 19.1 Å². The molecule has 0 aliphatic rings. The second kappa shape index (κ2) is 12.8. The lowest BCUT2D eigenvalue weighted by Gasteiger charge is -2.23. The quantitative estimate of drug-likeness (QED) is 0.345. The standard InChI is InChI=1S/C26H21Cl2NO8/c1-2-35-20-13-11-19(12-14-20)29-23(30)21(36-25(33)15-3-7-17(27)8-4-15)22(24(31)32)37-26(34)16-5-9-18(28)10-6-16/h3-14,21-22H,2H2,1H3,(H,29,30)(H,31,32)/t21-,22-/m0/s1. The van der Waals surface area contributed by atoms with E-state index in [0.717, 1.165) is 0 Å². The molecule has 2 N–H and O–H groups in total. The highest BCUT2D eigenvalue weighted by Crippen LogP contribution is 2.20. The minimum atomic E-state index is -2.18. The van der Waals surface area contributed by atoms with Gasteiger partial charge in [0.25, 0.3) is 5.91 Å². The number of aliphatic carboxylic acids is 1. The van der Waals surface area contributed by atoms with Crippen molar-refractivity contribution in [3.63, 3.8) is 0 Å². The molecule has 9 nitrogen and oxygen atoms in total. The van der Waals surface area contributed by atoms with Crippen molar-refractivity contribution in [2.45, 2.75) is 19.1 Å². The second-order valence-corrected chi connectivity index (χ2v) is 8.32. The summed E-state index contributed by atoms with van der Waals surface area (Å²) in [5.41, 5.74) is 0.232. The summed E-state index contributed by atoms with van der Waals surface area (Å²) in [7, 11) is 0.